The molecule has 2 heterocycles. The van der Waals surface area contributed by atoms with Gasteiger partial charge in [-0.05, 0) is 37.1 Å². The minimum Gasteiger partial charge on any atom is -0.475 e. The first kappa shape index (κ1) is 16.2. The van der Waals surface area contributed by atoms with Gasteiger partial charge in [-0.1, -0.05) is 32.0 Å². The Bertz CT molecular complexity index is 784. The van der Waals surface area contributed by atoms with E-state index in [2.05, 4.69) is 29.1 Å². The summed E-state index contributed by atoms with van der Waals surface area (Å²) in [6.07, 6.45) is 0. The maximum Gasteiger partial charge on any atom is 0.274 e. The number of aliphatic imine (C=N–C) groups is 1. The second-order valence-electron chi connectivity index (χ2n) is 6.22. The summed E-state index contributed by atoms with van der Waals surface area (Å²) in [4.78, 5) is 21.3. The third kappa shape index (κ3) is 3.45. The number of rotatable bonds is 4. The summed E-state index contributed by atoms with van der Waals surface area (Å²) in [6.45, 7) is 6.68. The van der Waals surface area contributed by atoms with Crippen LogP contribution in [0, 0.1) is 12.8 Å². The van der Waals surface area contributed by atoms with Crippen molar-refractivity contribution < 1.29 is 9.53 Å². The number of nitrogens with zero attached hydrogens (tertiary/aromatic N) is 2. The van der Waals surface area contributed by atoms with E-state index in [1.165, 1.54) is 0 Å². The summed E-state index contributed by atoms with van der Waals surface area (Å²) in [6, 6.07) is 13.1. The van der Waals surface area contributed by atoms with Gasteiger partial charge in [0, 0.05) is 5.69 Å². The van der Waals surface area contributed by atoms with Crippen molar-refractivity contribution in [1.29, 1.82) is 0 Å². The molecular formula is C19H21N3O2. The average molecular weight is 323 g/mol. The number of para-hydroxylation sites is 1. The molecular weight excluding hydrogens is 302 g/mol. The molecule has 1 aromatic carbocycles. The summed E-state index contributed by atoms with van der Waals surface area (Å²) in [7, 11) is 0. The Morgan fingerprint density at radius 3 is 2.71 bits per heavy atom. The molecule has 2 aromatic rings. The van der Waals surface area contributed by atoms with Crippen molar-refractivity contribution >= 4 is 17.5 Å². The minimum atomic E-state index is -0.245. The fourth-order valence-corrected chi connectivity index (χ4v) is 2.51. The van der Waals surface area contributed by atoms with E-state index in [-0.39, 0.29) is 11.9 Å². The Morgan fingerprint density at radius 1 is 1.21 bits per heavy atom. The molecule has 0 saturated carbocycles. The van der Waals surface area contributed by atoms with E-state index in [0.29, 0.717) is 29.8 Å². The molecule has 3 rings (SSSR count). The largest absolute Gasteiger partial charge is 0.475 e. The number of carbonyl (C=O) groups is 1. The number of hydrogen-bond acceptors (Lipinski definition) is 4. The zero-order valence-electron chi connectivity index (χ0n) is 14.1. The molecule has 0 spiro atoms. The average Bonchev–Trinajstić information content (AvgIpc) is 3.05. The van der Waals surface area contributed by atoms with Gasteiger partial charge in [-0.2, -0.15) is 0 Å². The van der Waals surface area contributed by atoms with Gasteiger partial charge in [0.2, 0.25) is 5.90 Å². The monoisotopic (exact) mass is 323 g/mol. The van der Waals surface area contributed by atoms with Gasteiger partial charge in [0.05, 0.1) is 17.3 Å². The van der Waals surface area contributed by atoms with Crippen LogP contribution in [0.25, 0.3) is 0 Å². The first-order valence-corrected chi connectivity index (χ1v) is 8.09. The predicted molar refractivity (Wildman–Crippen MR) is 94.5 cm³/mol. The Morgan fingerprint density at radius 2 is 2.00 bits per heavy atom. The highest BCUT2D eigenvalue weighted by Gasteiger charge is 2.24. The van der Waals surface area contributed by atoms with Gasteiger partial charge in [-0.15, -0.1) is 0 Å². The molecule has 0 aliphatic carbocycles. The highest BCUT2D eigenvalue weighted by atomic mass is 16.5. The second kappa shape index (κ2) is 6.83. The highest BCUT2D eigenvalue weighted by molar-refractivity contribution is 6.08. The number of aryl methyl sites for hydroxylation is 1. The number of ether oxygens (including phenoxy) is 1. The van der Waals surface area contributed by atoms with E-state index in [0.717, 1.165) is 11.3 Å². The quantitative estimate of drug-likeness (QED) is 0.937. The van der Waals surface area contributed by atoms with E-state index in [1.54, 1.807) is 6.07 Å². The standard InChI is InChI=1S/C19H21N3O2/c1-12(2)17-11-24-19(22-17)14-8-4-5-9-15(14)21-18(23)16-10-6-7-13(3)20-16/h4-10,12,17H,11H2,1-3H3,(H,21,23)/t17-/m0/s1. The molecule has 0 unspecified atom stereocenters. The van der Waals surface area contributed by atoms with Crippen molar-refractivity contribution in [3.05, 3.63) is 59.4 Å². The molecule has 0 bridgehead atoms. The van der Waals surface area contributed by atoms with Gasteiger partial charge in [-0.3, -0.25) is 4.79 Å². The topological polar surface area (TPSA) is 63.6 Å². The van der Waals surface area contributed by atoms with Crippen molar-refractivity contribution in [3.63, 3.8) is 0 Å². The van der Waals surface area contributed by atoms with Crippen LogP contribution in [-0.4, -0.2) is 29.4 Å². The molecule has 1 aliphatic heterocycles. The molecule has 0 saturated heterocycles. The maximum atomic E-state index is 12.5. The van der Waals surface area contributed by atoms with Crippen molar-refractivity contribution in [2.45, 2.75) is 26.8 Å². The fraction of sp³-hybridized carbons (Fsp3) is 0.316. The van der Waals surface area contributed by atoms with Crippen LogP contribution in [0.2, 0.25) is 0 Å². The molecule has 1 aromatic heterocycles. The number of pyridine rings is 1. The van der Waals surface area contributed by atoms with E-state index in [9.17, 15) is 4.79 Å². The molecule has 1 N–H and O–H groups in total. The molecule has 5 heteroatoms. The van der Waals surface area contributed by atoms with E-state index in [4.69, 9.17) is 4.74 Å². The molecule has 0 fully saturated rings. The maximum absolute atomic E-state index is 12.5. The van der Waals surface area contributed by atoms with Gasteiger partial charge >= 0.3 is 0 Å². The van der Waals surface area contributed by atoms with Gasteiger partial charge in [0.1, 0.15) is 12.3 Å². The number of hydrogen-bond donors (Lipinski definition) is 1. The van der Waals surface area contributed by atoms with Crippen LogP contribution in [-0.2, 0) is 4.74 Å². The lowest BCUT2D eigenvalue weighted by molar-refractivity contribution is 0.102. The first-order valence-electron chi connectivity index (χ1n) is 8.09. The summed E-state index contributed by atoms with van der Waals surface area (Å²) in [5.74, 6) is 0.757. The molecule has 0 radical (unpaired) electrons. The summed E-state index contributed by atoms with van der Waals surface area (Å²) >= 11 is 0. The molecule has 124 valence electrons. The van der Waals surface area contributed by atoms with Gasteiger partial charge < -0.3 is 10.1 Å². The van der Waals surface area contributed by atoms with Crippen LogP contribution in [0.3, 0.4) is 0 Å². The fourth-order valence-electron chi connectivity index (χ4n) is 2.51. The summed E-state index contributed by atoms with van der Waals surface area (Å²) < 4.78 is 5.74. The Kier molecular flexibility index (Phi) is 4.60. The van der Waals surface area contributed by atoms with Gasteiger partial charge in [-0.25, -0.2) is 9.98 Å². The SMILES string of the molecule is Cc1cccc(C(=O)Nc2ccccc2C2=N[C@H](C(C)C)CO2)n1. The zero-order chi connectivity index (χ0) is 17.1. The lowest BCUT2D eigenvalue weighted by Crippen LogP contribution is -2.16. The Balaban J connectivity index is 1.85. The van der Waals surface area contributed by atoms with Crippen molar-refractivity contribution in [2.24, 2.45) is 10.9 Å². The van der Waals surface area contributed by atoms with E-state index < -0.39 is 0 Å². The van der Waals surface area contributed by atoms with Crippen LogP contribution < -0.4 is 5.32 Å². The zero-order valence-corrected chi connectivity index (χ0v) is 14.1. The lowest BCUT2D eigenvalue weighted by atomic mass is 10.1. The molecule has 1 amide bonds. The molecule has 24 heavy (non-hydrogen) atoms. The van der Waals surface area contributed by atoms with Crippen molar-refractivity contribution in [3.8, 4) is 0 Å². The van der Waals surface area contributed by atoms with Crippen LogP contribution in [0.1, 0.15) is 35.6 Å². The van der Waals surface area contributed by atoms with Gasteiger partial charge in [0.15, 0.2) is 0 Å². The van der Waals surface area contributed by atoms with Crippen molar-refractivity contribution in [2.75, 3.05) is 11.9 Å². The third-order valence-corrected chi connectivity index (χ3v) is 3.97. The van der Waals surface area contributed by atoms with Gasteiger partial charge in [0.25, 0.3) is 5.91 Å². The van der Waals surface area contributed by atoms with Crippen LogP contribution in [0.15, 0.2) is 47.5 Å². The number of anilines is 1. The molecule has 1 atom stereocenters. The number of aromatic nitrogens is 1. The normalized spacial score (nSPS) is 16.7. The molecule has 1 aliphatic rings. The Hall–Kier alpha value is -2.69. The van der Waals surface area contributed by atoms with Crippen LogP contribution >= 0.6 is 0 Å². The summed E-state index contributed by atoms with van der Waals surface area (Å²) in [5.41, 5.74) is 2.66. The third-order valence-electron chi connectivity index (χ3n) is 3.97. The lowest BCUT2D eigenvalue weighted by Gasteiger charge is -2.10. The summed E-state index contributed by atoms with van der Waals surface area (Å²) in [5, 5.41) is 2.91. The molecule has 5 nitrogen and oxygen atoms in total. The predicted octanol–water partition coefficient (Wildman–Crippen LogP) is 3.44. The van der Waals surface area contributed by atoms with Crippen LogP contribution in [0.5, 0.6) is 0 Å². The highest BCUT2D eigenvalue weighted by Crippen LogP contribution is 2.23. The van der Waals surface area contributed by atoms with E-state index in [1.807, 2.05) is 43.3 Å². The first-order chi connectivity index (χ1) is 11.5. The number of amides is 1. The minimum absolute atomic E-state index is 0.155. The van der Waals surface area contributed by atoms with E-state index >= 15 is 0 Å². The van der Waals surface area contributed by atoms with Crippen LogP contribution in [0.4, 0.5) is 5.69 Å². The smallest absolute Gasteiger partial charge is 0.274 e. The van der Waals surface area contributed by atoms with Crippen molar-refractivity contribution in [1.82, 2.24) is 4.98 Å². The second-order valence-corrected chi connectivity index (χ2v) is 6.22. The number of nitrogens with one attached hydrogen (secondary N) is 1. The number of benzene rings is 1. The number of carbonyl (C=O) groups excluding carboxylic acids is 1. The Labute approximate surface area is 141 Å².